The average Bonchev–Trinajstić information content (AvgIpc) is 2.42. The summed E-state index contributed by atoms with van der Waals surface area (Å²) < 4.78 is 0. The van der Waals surface area contributed by atoms with Crippen LogP contribution < -0.4 is 5.32 Å². The van der Waals surface area contributed by atoms with Crippen molar-refractivity contribution in [2.75, 3.05) is 19.6 Å². The van der Waals surface area contributed by atoms with E-state index in [-0.39, 0.29) is 18.4 Å². The maximum Gasteiger partial charge on any atom is 0.239 e. The third-order valence-corrected chi connectivity index (χ3v) is 3.62. The van der Waals surface area contributed by atoms with E-state index < -0.39 is 0 Å². The number of hydrogen-bond acceptors (Lipinski definition) is 2. The molecular formula is C17H25ClN2O2. The van der Waals surface area contributed by atoms with Gasteiger partial charge in [-0.1, -0.05) is 37.6 Å². The number of amides is 2. The van der Waals surface area contributed by atoms with Crippen molar-refractivity contribution >= 4 is 23.4 Å². The summed E-state index contributed by atoms with van der Waals surface area (Å²) in [4.78, 5) is 25.1. The second-order valence-corrected chi connectivity index (χ2v) is 6.29. The first-order valence-electron chi connectivity index (χ1n) is 7.65. The highest BCUT2D eigenvalue weighted by atomic mass is 35.5. The van der Waals surface area contributed by atoms with Gasteiger partial charge in [-0.05, 0) is 36.5 Å². The first kappa shape index (κ1) is 18.5. The van der Waals surface area contributed by atoms with E-state index in [9.17, 15) is 9.59 Å². The summed E-state index contributed by atoms with van der Waals surface area (Å²) in [6, 6.07) is 7.54. The SMILES string of the molecule is CC(=O)N(CCc1cccc(Cl)c1)CC(=O)NCCC(C)C. The van der Waals surface area contributed by atoms with Crippen LogP contribution in [0, 0.1) is 5.92 Å². The number of carbonyl (C=O) groups excluding carboxylic acids is 2. The van der Waals surface area contributed by atoms with Crippen LogP contribution in [0.5, 0.6) is 0 Å². The highest BCUT2D eigenvalue weighted by molar-refractivity contribution is 6.30. The van der Waals surface area contributed by atoms with Gasteiger partial charge < -0.3 is 10.2 Å². The van der Waals surface area contributed by atoms with Gasteiger partial charge in [-0.3, -0.25) is 9.59 Å². The largest absolute Gasteiger partial charge is 0.355 e. The van der Waals surface area contributed by atoms with Crippen LogP contribution in [-0.4, -0.2) is 36.3 Å². The predicted octanol–water partition coefficient (Wildman–Crippen LogP) is 2.89. The van der Waals surface area contributed by atoms with Crippen molar-refractivity contribution < 1.29 is 9.59 Å². The summed E-state index contributed by atoms with van der Waals surface area (Å²) >= 11 is 5.95. The number of rotatable bonds is 8. The molecule has 0 aromatic heterocycles. The van der Waals surface area contributed by atoms with Crippen molar-refractivity contribution in [3.8, 4) is 0 Å². The fourth-order valence-electron chi connectivity index (χ4n) is 2.03. The van der Waals surface area contributed by atoms with Crippen LogP contribution in [0.25, 0.3) is 0 Å². The Kier molecular flexibility index (Phi) is 7.96. The average molecular weight is 325 g/mol. The minimum atomic E-state index is -0.109. The molecule has 1 aromatic rings. The van der Waals surface area contributed by atoms with E-state index >= 15 is 0 Å². The van der Waals surface area contributed by atoms with E-state index in [1.54, 1.807) is 4.90 Å². The third kappa shape index (κ3) is 7.46. The van der Waals surface area contributed by atoms with Gasteiger partial charge in [-0.15, -0.1) is 0 Å². The van der Waals surface area contributed by atoms with E-state index in [4.69, 9.17) is 11.6 Å². The van der Waals surface area contributed by atoms with E-state index in [0.717, 1.165) is 12.0 Å². The molecule has 1 N–H and O–H groups in total. The van der Waals surface area contributed by atoms with Gasteiger partial charge in [0.1, 0.15) is 0 Å². The van der Waals surface area contributed by atoms with Crippen LogP contribution in [0.1, 0.15) is 32.8 Å². The molecule has 4 nitrogen and oxygen atoms in total. The summed E-state index contributed by atoms with van der Waals surface area (Å²) in [6.45, 7) is 6.97. The maximum atomic E-state index is 11.9. The number of nitrogens with one attached hydrogen (secondary N) is 1. The standard InChI is InChI=1S/C17H25ClN2O2/c1-13(2)7-9-19-17(22)12-20(14(3)21)10-8-15-5-4-6-16(18)11-15/h4-6,11,13H,7-10,12H2,1-3H3,(H,19,22). The molecule has 1 aromatic carbocycles. The van der Waals surface area contributed by atoms with Crippen LogP contribution in [0.3, 0.4) is 0 Å². The summed E-state index contributed by atoms with van der Waals surface area (Å²) in [7, 11) is 0. The molecule has 0 radical (unpaired) electrons. The molecule has 0 saturated heterocycles. The summed E-state index contributed by atoms with van der Waals surface area (Å²) in [5.41, 5.74) is 1.05. The van der Waals surface area contributed by atoms with E-state index in [0.29, 0.717) is 30.5 Å². The quantitative estimate of drug-likeness (QED) is 0.799. The molecule has 0 aliphatic carbocycles. The lowest BCUT2D eigenvalue weighted by Gasteiger charge is -2.20. The van der Waals surface area contributed by atoms with Crippen molar-refractivity contribution in [3.05, 3.63) is 34.9 Å². The minimum Gasteiger partial charge on any atom is -0.355 e. The number of benzene rings is 1. The second kappa shape index (κ2) is 9.46. The highest BCUT2D eigenvalue weighted by Gasteiger charge is 2.13. The van der Waals surface area contributed by atoms with Gasteiger partial charge in [0, 0.05) is 25.0 Å². The molecular weight excluding hydrogens is 300 g/mol. The zero-order valence-electron chi connectivity index (χ0n) is 13.6. The minimum absolute atomic E-state index is 0.0963. The van der Waals surface area contributed by atoms with Crippen LogP contribution >= 0.6 is 11.6 Å². The van der Waals surface area contributed by atoms with Gasteiger partial charge in [0.15, 0.2) is 0 Å². The van der Waals surface area contributed by atoms with E-state index in [1.165, 1.54) is 6.92 Å². The number of nitrogens with zero attached hydrogens (tertiary/aromatic N) is 1. The van der Waals surface area contributed by atoms with Crippen LogP contribution in [0.15, 0.2) is 24.3 Å². The Hall–Kier alpha value is -1.55. The smallest absolute Gasteiger partial charge is 0.239 e. The Balaban J connectivity index is 2.45. The van der Waals surface area contributed by atoms with Crippen LogP contribution in [-0.2, 0) is 16.0 Å². The Morgan fingerprint density at radius 3 is 2.64 bits per heavy atom. The van der Waals surface area contributed by atoms with Gasteiger partial charge in [0.05, 0.1) is 6.54 Å². The van der Waals surface area contributed by atoms with Gasteiger partial charge in [0.2, 0.25) is 11.8 Å². The maximum absolute atomic E-state index is 11.9. The molecule has 0 unspecified atom stereocenters. The van der Waals surface area contributed by atoms with Crippen LogP contribution in [0.4, 0.5) is 0 Å². The monoisotopic (exact) mass is 324 g/mol. The van der Waals surface area contributed by atoms with Crippen molar-refractivity contribution in [3.63, 3.8) is 0 Å². The molecule has 122 valence electrons. The Labute approximate surface area is 137 Å². The summed E-state index contributed by atoms with van der Waals surface area (Å²) in [5.74, 6) is 0.343. The predicted molar refractivity (Wildman–Crippen MR) is 89.9 cm³/mol. The molecule has 0 heterocycles. The Bertz CT molecular complexity index is 503. The molecule has 22 heavy (non-hydrogen) atoms. The molecule has 0 aliphatic heterocycles. The summed E-state index contributed by atoms with van der Waals surface area (Å²) in [5, 5.41) is 3.53. The van der Waals surface area contributed by atoms with Gasteiger partial charge in [-0.25, -0.2) is 0 Å². The van der Waals surface area contributed by atoms with Gasteiger partial charge in [0.25, 0.3) is 0 Å². The van der Waals surface area contributed by atoms with E-state index in [1.807, 2.05) is 24.3 Å². The lowest BCUT2D eigenvalue weighted by atomic mass is 10.1. The van der Waals surface area contributed by atoms with Crippen molar-refractivity contribution in [1.82, 2.24) is 10.2 Å². The molecule has 0 spiro atoms. The number of halogens is 1. The van der Waals surface area contributed by atoms with Crippen molar-refractivity contribution in [1.29, 1.82) is 0 Å². The molecule has 0 aliphatic rings. The topological polar surface area (TPSA) is 49.4 Å². The van der Waals surface area contributed by atoms with Crippen LogP contribution in [0.2, 0.25) is 5.02 Å². The molecule has 0 saturated carbocycles. The fraction of sp³-hybridized carbons (Fsp3) is 0.529. The van der Waals surface area contributed by atoms with Crippen molar-refractivity contribution in [2.24, 2.45) is 5.92 Å². The first-order chi connectivity index (χ1) is 10.4. The van der Waals surface area contributed by atoms with Gasteiger partial charge >= 0.3 is 0 Å². The Morgan fingerprint density at radius 1 is 1.32 bits per heavy atom. The molecule has 2 amide bonds. The lowest BCUT2D eigenvalue weighted by molar-refractivity contribution is -0.134. The Morgan fingerprint density at radius 2 is 2.05 bits per heavy atom. The summed E-state index contributed by atoms with van der Waals surface area (Å²) in [6.07, 6.45) is 1.62. The normalized spacial score (nSPS) is 10.6. The third-order valence-electron chi connectivity index (χ3n) is 3.38. The second-order valence-electron chi connectivity index (χ2n) is 5.85. The molecule has 0 fully saturated rings. The zero-order chi connectivity index (χ0) is 16.5. The molecule has 1 rings (SSSR count). The van der Waals surface area contributed by atoms with Crippen molar-refractivity contribution in [2.45, 2.75) is 33.6 Å². The molecule has 0 bridgehead atoms. The molecule has 5 heteroatoms. The number of carbonyl (C=O) groups is 2. The van der Waals surface area contributed by atoms with Gasteiger partial charge in [-0.2, -0.15) is 0 Å². The fourth-order valence-corrected chi connectivity index (χ4v) is 2.25. The first-order valence-corrected chi connectivity index (χ1v) is 8.03. The number of hydrogen-bond donors (Lipinski definition) is 1. The van der Waals surface area contributed by atoms with E-state index in [2.05, 4.69) is 19.2 Å². The zero-order valence-corrected chi connectivity index (χ0v) is 14.3. The highest BCUT2D eigenvalue weighted by Crippen LogP contribution is 2.11. The molecule has 0 atom stereocenters. The lowest BCUT2D eigenvalue weighted by Crippen LogP contribution is -2.41.